The number of tetrazole rings is 1. The molecule has 0 aliphatic rings. The number of carbonyl (C=O) groups excluding carboxylic acids is 2. The third-order valence-corrected chi connectivity index (χ3v) is 3.66. The average Bonchev–Trinajstić information content (AvgIpc) is 2.93. The molecular formula is C13H15N5O2S. The highest BCUT2D eigenvalue weighted by atomic mass is 32.2. The van der Waals surface area contributed by atoms with Gasteiger partial charge in [0.25, 0.3) is 0 Å². The van der Waals surface area contributed by atoms with E-state index in [4.69, 9.17) is 0 Å². The van der Waals surface area contributed by atoms with Gasteiger partial charge in [0.05, 0.1) is 5.75 Å². The van der Waals surface area contributed by atoms with Gasteiger partial charge in [-0.2, -0.15) is 0 Å². The Morgan fingerprint density at radius 2 is 2.00 bits per heavy atom. The van der Waals surface area contributed by atoms with Crippen LogP contribution in [0.1, 0.15) is 24.2 Å². The van der Waals surface area contributed by atoms with Gasteiger partial charge in [-0.05, 0) is 48.5 Å². The molecule has 1 aromatic heterocycles. The van der Waals surface area contributed by atoms with Crippen molar-refractivity contribution in [2.24, 2.45) is 0 Å². The molecule has 0 saturated carbocycles. The van der Waals surface area contributed by atoms with Crippen LogP contribution in [0.3, 0.4) is 0 Å². The maximum Gasteiger partial charge on any atom is 0.234 e. The van der Waals surface area contributed by atoms with E-state index in [0.29, 0.717) is 23.0 Å². The molecule has 1 N–H and O–H groups in total. The Labute approximate surface area is 126 Å². The normalized spacial score (nSPS) is 10.4. The SMILES string of the molecule is CCn1nnnc1SCC(=O)Nc1ccc(C(C)=O)cc1. The van der Waals surface area contributed by atoms with Gasteiger partial charge in [0, 0.05) is 17.8 Å². The molecule has 0 bridgehead atoms. The van der Waals surface area contributed by atoms with Crippen LogP contribution in [-0.4, -0.2) is 37.7 Å². The molecule has 0 unspecified atom stereocenters. The van der Waals surface area contributed by atoms with Crippen molar-refractivity contribution in [3.63, 3.8) is 0 Å². The first kappa shape index (κ1) is 15.2. The molecular weight excluding hydrogens is 290 g/mol. The van der Waals surface area contributed by atoms with Crippen LogP contribution < -0.4 is 5.32 Å². The number of thioether (sulfide) groups is 1. The van der Waals surface area contributed by atoms with Crippen molar-refractivity contribution in [2.75, 3.05) is 11.1 Å². The number of hydrogen-bond donors (Lipinski definition) is 1. The Morgan fingerprint density at radius 1 is 1.29 bits per heavy atom. The Morgan fingerprint density at radius 3 is 2.62 bits per heavy atom. The van der Waals surface area contributed by atoms with E-state index in [1.54, 1.807) is 28.9 Å². The van der Waals surface area contributed by atoms with E-state index in [2.05, 4.69) is 20.8 Å². The minimum atomic E-state index is -0.152. The number of amides is 1. The summed E-state index contributed by atoms with van der Waals surface area (Å²) in [6, 6.07) is 6.77. The second-order valence-corrected chi connectivity index (χ2v) is 5.19. The minimum Gasteiger partial charge on any atom is -0.325 e. The predicted octanol–water partition coefficient (Wildman–Crippen LogP) is 1.63. The number of hydrogen-bond acceptors (Lipinski definition) is 6. The van der Waals surface area contributed by atoms with Gasteiger partial charge in [-0.1, -0.05) is 11.8 Å². The van der Waals surface area contributed by atoms with Crippen LogP contribution in [0, 0.1) is 0 Å². The van der Waals surface area contributed by atoms with Crippen molar-refractivity contribution in [3.05, 3.63) is 29.8 Å². The first-order valence-electron chi connectivity index (χ1n) is 6.40. The van der Waals surface area contributed by atoms with Gasteiger partial charge < -0.3 is 5.32 Å². The van der Waals surface area contributed by atoms with Crippen LogP contribution in [-0.2, 0) is 11.3 Å². The van der Waals surface area contributed by atoms with Crippen LogP contribution in [0.4, 0.5) is 5.69 Å². The van der Waals surface area contributed by atoms with Crippen molar-refractivity contribution < 1.29 is 9.59 Å². The van der Waals surface area contributed by atoms with E-state index in [9.17, 15) is 9.59 Å². The molecule has 0 spiro atoms. The Balaban J connectivity index is 1.88. The van der Waals surface area contributed by atoms with Crippen LogP contribution in [0.5, 0.6) is 0 Å². The number of ketones is 1. The van der Waals surface area contributed by atoms with E-state index in [-0.39, 0.29) is 17.4 Å². The highest BCUT2D eigenvalue weighted by Gasteiger charge is 2.09. The summed E-state index contributed by atoms with van der Waals surface area (Å²) in [5.41, 5.74) is 1.27. The lowest BCUT2D eigenvalue weighted by Gasteiger charge is -2.05. The second-order valence-electron chi connectivity index (χ2n) is 4.25. The molecule has 0 radical (unpaired) electrons. The summed E-state index contributed by atoms with van der Waals surface area (Å²) in [4.78, 5) is 23.0. The Kier molecular flexibility index (Phi) is 5.04. The van der Waals surface area contributed by atoms with Crippen LogP contribution in [0.15, 0.2) is 29.4 Å². The smallest absolute Gasteiger partial charge is 0.234 e. The van der Waals surface area contributed by atoms with Crippen molar-refractivity contribution in [1.29, 1.82) is 0 Å². The third-order valence-electron chi connectivity index (χ3n) is 2.71. The van der Waals surface area contributed by atoms with Crippen LogP contribution in [0.25, 0.3) is 0 Å². The summed E-state index contributed by atoms with van der Waals surface area (Å²) < 4.78 is 1.62. The van der Waals surface area contributed by atoms with Crippen molar-refractivity contribution >= 4 is 29.1 Å². The second kappa shape index (κ2) is 6.98. The van der Waals surface area contributed by atoms with Crippen LogP contribution in [0.2, 0.25) is 0 Å². The Bertz CT molecular complexity index is 638. The molecule has 7 nitrogen and oxygen atoms in total. The van der Waals surface area contributed by atoms with Crippen molar-refractivity contribution in [1.82, 2.24) is 20.2 Å². The summed E-state index contributed by atoms with van der Waals surface area (Å²) >= 11 is 1.27. The molecule has 0 fully saturated rings. The molecule has 1 amide bonds. The summed E-state index contributed by atoms with van der Waals surface area (Å²) in [7, 11) is 0. The molecule has 1 aromatic carbocycles. The summed E-state index contributed by atoms with van der Waals surface area (Å²) in [5, 5.41) is 14.6. The topological polar surface area (TPSA) is 89.8 Å². The lowest BCUT2D eigenvalue weighted by atomic mass is 10.1. The summed E-state index contributed by atoms with van der Waals surface area (Å²) in [6.07, 6.45) is 0. The van der Waals surface area contributed by atoms with Gasteiger partial charge in [-0.25, -0.2) is 4.68 Å². The number of anilines is 1. The number of benzene rings is 1. The predicted molar refractivity (Wildman–Crippen MR) is 79.3 cm³/mol. The molecule has 0 aliphatic heterocycles. The highest BCUT2D eigenvalue weighted by Crippen LogP contribution is 2.15. The number of aromatic nitrogens is 4. The number of Topliss-reactive ketones (excluding diaryl/α,β-unsaturated/α-hetero) is 1. The zero-order chi connectivity index (χ0) is 15.2. The fourth-order valence-corrected chi connectivity index (χ4v) is 2.35. The van der Waals surface area contributed by atoms with Gasteiger partial charge in [0.2, 0.25) is 11.1 Å². The first-order valence-corrected chi connectivity index (χ1v) is 7.38. The van der Waals surface area contributed by atoms with Gasteiger partial charge in [-0.15, -0.1) is 5.10 Å². The average molecular weight is 305 g/mol. The molecule has 0 atom stereocenters. The summed E-state index contributed by atoms with van der Waals surface area (Å²) in [6.45, 7) is 4.09. The lowest BCUT2D eigenvalue weighted by molar-refractivity contribution is -0.113. The highest BCUT2D eigenvalue weighted by molar-refractivity contribution is 7.99. The van der Waals surface area contributed by atoms with Crippen molar-refractivity contribution in [3.8, 4) is 0 Å². The van der Waals surface area contributed by atoms with E-state index in [1.807, 2.05) is 6.92 Å². The fraction of sp³-hybridized carbons (Fsp3) is 0.308. The first-order chi connectivity index (χ1) is 10.1. The molecule has 8 heteroatoms. The quantitative estimate of drug-likeness (QED) is 0.644. The minimum absolute atomic E-state index is 0.00478. The lowest BCUT2D eigenvalue weighted by Crippen LogP contribution is -2.14. The number of nitrogens with one attached hydrogen (secondary N) is 1. The van der Waals surface area contributed by atoms with E-state index >= 15 is 0 Å². The third kappa shape index (κ3) is 4.12. The molecule has 110 valence electrons. The van der Waals surface area contributed by atoms with Gasteiger partial charge in [0.1, 0.15) is 0 Å². The zero-order valence-corrected chi connectivity index (χ0v) is 12.6. The fourth-order valence-electron chi connectivity index (χ4n) is 1.61. The zero-order valence-electron chi connectivity index (χ0n) is 11.7. The molecule has 2 aromatic rings. The van der Waals surface area contributed by atoms with Crippen LogP contribution >= 0.6 is 11.8 Å². The maximum absolute atomic E-state index is 11.8. The Hall–Kier alpha value is -2.22. The number of carbonyl (C=O) groups is 2. The molecule has 0 aliphatic carbocycles. The van der Waals surface area contributed by atoms with E-state index in [0.717, 1.165) is 0 Å². The van der Waals surface area contributed by atoms with E-state index < -0.39 is 0 Å². The standard InChI is InChI=1S/C13H15N5O2S/c1-3-18-13(15-16-17-18)21-8-12(20)14-11-6-4-10(5-7-11)9(2)19/h4-7H,3,8H2,1-2H3,(H,14,20). The number of nitrogens with zero attached hydrogens (tertiary/aromatic N) is 4. The van der Waals surface area contributed by atoms with Crippen molar-refractivity contribution in [2.45, 2.75) is 25.5 Å². The largest absolute Gasteiger partial charge is 0.325 e. The molecule has 21 heavy (non-hydrogen) atoms. The molecule has 1 heterocycles. The molecule has 2 rings (SSSR count). The van der Waals surface area contributed by atoms with Gasteiger partial charge in [0.15, 0.2) is 5.78 Å². The monoisotopic (exact) mass is 305 g/mol. The number of rotatable bonds is 6. The van der Waals surface area contributed by atoms with Gasteiger partial charge >= 0.3 is 0 Å². The number of aryl methyl sites for hydroxylation is 1. The molecule has 0 saturated heterocycles. The summed E-state index contributed by atoms with van der Waals surface area (Å²) in [5.74, 6) is 0.0607. The maximum atomic E-state index is 11.8. The van der Waals surface area contributed by atoms with Gasteiger partial charge in [-0.3, -0.25) is 9.59 Å². The van der Waals surface area contributed by atoms with E-state index in [1.165, 1.54) is 18.7 Å².